The Balaban J connectivity index is 1.94. The number of urea groups is 1. The first kappa shape index (κ1) is 21.0. The maximum atomic E-state index is 12.2. The highest BCUT2D eigenvalue weighted by Crippen LogP contribution is 2.22. The quantitative estimate of drug-likeness (QED) is 0.727. The van der Waals surface area contributed by atoms with Gasteiger partial charge in [0.1, 0.15) is 0 Å². The number of carbonyl (C=O) groups excluding carboxylic acids is 2. The second kappa shape index (κ2) is 9.08. The van der Waals surface area contributed by atoms with Gasteiger partial charge < -0.3 is 9.88 Å². The van der Waals surface area contributed by atoms with Crippen molar-refractivity contribution in [2.75, 3.05) is 11.1 Å². The summed E-state index contributed by atoms with van der Waals surface area (Å²) in [6.07, 6.45) is 0. The van der Waals surface area contributed by atoms with Crippen LogP contribution in [0.4, 0.5) is 10.5 Å². The lowest BCUT2D eigenvalue weighted by Crippen LogP contribution is -2.35. The number of amides is 3. The molecule has 0 aliphatic heterocycles. The molecule has 146 valence electrons. The van der Waals surface area contributed by atoms with E-state index < -0.39 is 6.03 Å². The molecule has 1 aromatic carbocycles. The number of aryl methyl sites for hydroxylation is 2. The fourth-order valence-corrected chi connectivity index (χ4v) is 3.55. The third-order valence-corrected chi connectivity index (χ3v) is 5.38. The first-order valence-corrected chi connectivity index (χ1v) is 10.0. The summed E-state index contributed by atoms with van der Waals surface area (Å²) in [4.78, 5) is 28.8. The third-order valence-electron chi connectivity index (χ3n) is 4.41. The van der Waals surface area contributed by atoms with E-state index in [1.165, 1.54) is 11.8 Å². The van der Waals surface area contributed by atoms with Gasteiger partial charge in [0.05, 0.1) is 11.4 Å². The van der Waals surface area contributed by atoms with Gasteiger partial charge in [-0.25, -0.2) is 9.78 Å². The highest BCUT2D eigenvalue weighted by Gasteiger charge is 2.15. The molecule has 0 fully saturated rings. The van der Waals surface area contributed by atoms with Crippen LogP contribution in [0.3, 0.4) is 0 Å². The molecule has 0 spiro atoms. The van der Waals surface area contributed by atoms with Crippen molar-refractivity contribution >= 4 is 29.4 Å². The molecule has 0 bridgehead atoms. The highest BCUT2D eigenvalue weighted by atomic mass is 32.2. The van der Waals surface area contributed by atoms with Crippen molar-refractivity contribution in [1.82, 2.24) is 14.9 Å². The standard InChI is InChI=1S/C20H28N4O2S/c1-12(2)10-24-16(6)15(5)21-20(24)27-11-18(25)23-19(26)22-17-9-7-8-13(3)14(17)4/h7-9,12H,10-11H2,1-6H3,(H2,22,23,25,26). The Morgan fingerprint density at radius 1 is 1.19 bits per heavy atom. The number of carbonyl (C=O) groups is 2. The normalized spacial score (nSPS) is 10.9. The number of thioether (sulfide) groups is 1. The largest absolute Gasteiger partial charge is 0.325 e. The van der Waals surface area contributed by atoms with Crippen LogP contribution >= 0.6 is 11.8 Å². The fourth-order valence-electron chi connectivity index (χ4n) is 2.65. The molecule has 7 heteroatoms. The van der Waals surface area contributed by atoms with Crippen LogP contribution in [0.15, 0.2) is 23.4 Å². The van der Waals surface area contributed by atoms with Gasteiger partial charge in [-0.1, -0.05) is 37.7 Å². The van der Waals surface area contributed by atoms with Gasteiger partial charge in [-0.3, -0.25) is 10.1 Å². The summed E-state index contributed by atoms with van der Waals surface area (Å²) in [5.74, 6) is 0.264. The minimum absolute atomic E-state index is 0.133. The molecule has 0 aliphatic rings. The summed E-state index contributed by atoms with van der Waals surface area (Å²) in [6, 6.07) is 5.14. The van der Waals surface area contributed by atoms with E-state index in [-0.39, 0.29) is 11.7 Å². The number of hydrogen-bond acceptors (Lipinski definition) is 4. The number of aromatic nitrogens is 2. The second-order valence-corrected chi connectivity index (χ2v) is 8.05. The zero-order chi connectivity index (χ0) is 20.1. The topological polar surface area (TPSA) is 76.0 Å². The van der Waals surface area contributed by atoms with E-state index in [1.807, 2.05) is 45.9 Å². The molecular formula is C20H28N4O2S. The Morgan fingerprint density at radius 2 is 1.89 bits per heavy atom. The number of hydrogen-bond donors (Lipinski definition) is 2. The maximum Gasteiger partial charge on any atom is 0.325 e. The van der Waals surface area contributed by atoms with Crippen molar-refractivity contribution in [3.05, 3.63) is 40.7 Å². The van der Waals surface area contributed by atoms with Crippen LogP contribution in [-0.4, -0.2) is 27.2 Å². The monoisotopic (exact) mass is 388 g/mol. The second-order valence-electron chi connectivity index (χ2n) is 7.11. The molecule has 0 radical (unpaired) electrons. The average Bonchev–Trinajstić information content (AvgIpc) is 2.84. The Labute approximate surface area is 165 Å². The van der Waals surface area contributed by atoms with E-state index in [0.717, 1.165) is 34.2 Å². The van der Waals surface area contributed by atoms with E-state index in [1.54, 1.807) is 0 Å². The summed E-state index contributed by atoms with van der Waals surface area (Å²) < 4.78 is 2.13. The first-order chi connectivity index (χ1) is 12.7. The Bertz CT molecular complexity index is 843. The Morgan fingerprint density at radius 3 is 2.56 bits per heavy atom. The molecule has 0 unspecified atom stereocenters. The van der Waals surface area contributed by atoms with Crippen molar-refractivity contribution < 1.29 is 9.59 Å². The number of nitrogens with one attached hydrogen (secondary N) is 2. The highest BCUT2D eigenvalue weighted by molar-refractivity contribution is 7.99. The summed E-state index contributed by atoms with van der Waals surface area (Å²) in [6.45, 7) is 13.1. The lowest BCUT2D eigenvalue weighted by atomic mass is 10.1. The van der Waals surface area contributed by atoms with Gasteiger partial charge in [0.25, 0.3) is 0 Å². The number of imidazole rings is 1. The molecule has 27 heavy (non-hydrogen) atoms. The lowest BCUT2D eigenvalue weighted by molar-refractivity contribution is -0.117. The van der Waals surface area contributed by atoms with E-state index in [9.17, 15) is 9.59 Å². The smallest absolute Gasteiger partial charge is 0.323 e. The molecular weight excluding hydrogens is 360 g/mol. The Hall–Kier alpha value is -2.28. The van der Waals surface area contributed by atoms with Gasteiger partial charge >= 0.3 is 6.03 Å². The van der Waals surface area contributed by atoms with Crippen molar-refractivity contribution in [2.45, 2.75) is 53.2 Å². The van der Waals surface area contributed by atoms with Crippen LogP contribution in [0.5, 0.6) is 0 Å². The number of rotatable bonds is 6. The van der Waals surface area contributed by atoms with Crippen molar-refractivity contribution in [3.8, 4) is 0 Å². The fraction of sp³-hybridized carbons (Fsp3) is 0.450. The molecule has 0 atom stereocenters. The number of anilines is 1. The van der Waals surface area contributed by atoms with Gasteiger partial charge in [-0.2, -0.15) is 0 Å². The van der Waals surface area contributed by atoms with Gasteiger partial charge in [0.2, 0.25) is 5.91 Å². The summed E-state index contributed by atoms with van der Waals surface area (Å²) in [5, 5.41) is 5.92. The lowest BCUT2D eigenvalue weighted by Gasteiger charge is -2.12. The molecule has 2 rings (SSSR count). The van der Waals surface area contributed by atoms with E-state index in [2.05, 4.69) is 34.0 Å². The minimum Gasteiger partial charge on any atom is -0.323 e. The van der Waals surface area contributed by atoms with Gasteiger partial charge in [-0.15, -0.1) is 0 Å². The Kier molecular flexibility index (Phi) is 7.07. The molecule has 2 aromatic rings. The van der Waals surface area contributed by atoms with Gasteiger partial charge in [-0.05, 0) is 50.8 Å². The van der Waals surface area contributed by atoms with Gasteiger partial charge in [0, 0.05) is 17.9 Å². The molecule has 1 heterocycles. The van der Waals surface area contributed by atoms with Crippen LogP contribution in [0.2, 0.25) is 0 Å². The number of benzene rings is 1. The van der Waals surface area contributed by atoms with Crippen LogP contribution in [0, 0.1) is 33.6 Å². The SMILES string of the molecule is Cc1cccc(NC(=O)NC(=O)CSc2nc(C)c(C)n2CC(C)C)c1C. The molecule has 0 aliphatic carbocycles. The summed E-state index contributed by atoms with van der Waals surface area (Å²) in [5.41, 5.74) is 4.84. The first-order valence-electron chi connectivity index (χ1n) is 9.02. The van der Waals surface area contributed by atoms with Crippen molar-refractivity contribution in [2.24, 2.45) is 5.92 Å². The number of nitrogens with zero attached hydrogens (tertiary/aromatic N) is 2. The van der Waals surface area contributed by atoms with E-state index >= 15 is 0 Å². The van der Waals surface area contributed by atoms with Crippen LogP contribution in [-0.2, 0) is 11.3 Å². The maximum absolute atomic E-state index is 12.2. The average molecular weight is 389 g/mol. The third kappa shape index (κ3) is 5.60. The predicted molar refractivity (Wildman–Crippen MR) is 110 cm³/mol. The van der Waals surface area contributed by atoms with Crippen molar-refractivity contribution in [1.29, 1.82) is 0 Å². The predicted octanol–water partition coefficient (Wildman–Crippen LogP) is 4.21. The van der Waals surface area contributed by atoms with Gasteiger partial charge in [0.15, 0.2) is 5.16 Å². The summed E-state index contributed by atoms with van der Waals surface area (Å²) >= 11 is 1.35. The van der Waals surface area contributed by atoms with Crippen LogP contribution < -0.4 is 10.6 Å². The van der Waals surface area contributed by atoms with E-state index in [0.29, 0.717) is 11.6 Å². The molecule has 1 aromatic heterocycles. The molecule has 3 amide bonds. The minimum atomic E-state index is -0.521. The summed E-state index contributed by atoms with van der Waals surface area (Å²) in [7, 11) is 0. The van der Waals surface area contributed by atoms with Crippen LogP contribution in [0.1, 0.15) is 36.4 Å². The molecule has 0 saturated carbocycles. The molecule has 6 nitrogen and oxygen atoms in total. The number of imide groups is 1. The molecule has 2 N–H and O–H groups in total. The van der Waals surface area contributed by atoms with Crippen molar-refractivity contribution in [3.63, 3.8) is 0 Å². The van der Waals surface area contributed by atoms with E-state index in [4.69, 9.17) is 0 Å². The molecule has 0 saturated heterocycles. The zero-order valence-electron chi connectivity index (χ0n) is 16.8. The zero-order valence-corrected chi connectivity index (χ0v) is 17.7. The van der Waals surface area contributed by atoms with Crippen LogP contribution in [0.25, 0.3) is 0 Å².